The van der Waals surface area contributed by atoms with Crippen molar-refractivity contribution < 1.29 is 73.8 Å². The van der Waals surface area contributed by atoms with E-state index in [9.17, 15) is 45.3 Å². The van der Waals surface area contributed by atoms with Gasteiger partial charge in [0.25, 0.3) is 0 Å². The molecule has 0 bridgehead atoms. The Morgan fingerprint density at radius 1 is 0.500 bits per heavy atom. The zero-order valence-corrected chi connectivity index (χ0v) is 39.9. The Morgan fingerprint density at radius 3 is 1.50 bits per heavy atom. The fourth-order valence-corrected chi connectivity index (χ4v) is 7.38. The number of hydrogen-bond acceptors (Lipinski definition) is 15. The number of carbonyl (C=O) groups is 2. The first-order chi connectivity index (χ1) is 32.0. The molecule has 0 aromatic carbocycles. The zero-order valence-electron chi connectivity index (χ0n) is 39.9. The number of unbranched alkanes of at least 4 members (excludes halogenated alkanes) is 13. The summed E-state index contributed by atoms with van der Waals surface area (Å²) in [6.45, 7) is 2.40. The summed E-state index contributed by atoms with van der Waals surface area (Å²) in [6.07, 6.45) is 25.3. The maximum Gasteiger partial charge on any atom is 0.306 e. The molecule has 2 aliphatic rings. The third kappa shape index (κ3) is 26.1. The van der Waals surface area contributed by atoms with Crippen molar-refractivity contribution in [3.63, 3.8) is 0 Å². The topological polar surface area (TPSA) is 231 Å². The van der Waals surface area contributed by atoms with Gasteiger partial charge in [-0.25, -0.2) is 0 Å². The number of ether oxygens (including phenoxy) is 6. The highest BCUT2D eigenvalue weighted by Crippen LogP contribution is 2.26. The fourth-order valence-electron chi connectivity index (χ4n) is 7.38. The SMILES string of the molecule is CC/C=C\C/C=C\C/C=C\CCCCCCCC(=O)O[C@H](COC(=O)CCCCCCC/C=C\C/C=C\CCCCC)CO[C@@H]1O[C@H](CO[C@H]2O[C@H](CO)[C@H](O)[C@H](O)[C@H]2O)[C@H](O)[C@H](O)[C@H]1O. The molecule has 11 atom stereocenters. The number of aliphatic hydroxyl groups is 7. The molecule has 0 saturated carbocycles. The molecule has 2 saturated heterocycles. The van der Waals surface area contributed by atoms with Crippen molar-refractivity contribution in [1.29, 1.82) is 0 Å². The largest absolute Gasteiger partial charge is 0.462 e. The summed E-state index contributed by atoms with van der Waals surface area (Å²) in [6, 6.07) is 0. The molecule has 0 unspecified atom stereocenters. The van der Waals surface area contributed by atoms with Crippen LogP contribution in [-0.4, -0.2) is 142 Å². The molecular weight excluding hydrogens is 853 g/mol. The average molecular weight is 939 g/mol. The van der Waals surface area contributed by atoms with Gasteiger partial charge < -0.3 is 64.2 Å². The number of rotatable bonds is 37. The van der Waals surface area contributed by atoms with Gasteiger partial charge in [-0.05, 0) is 77.0 Å². The molecule has 0 spiro atoms. The number of hydrogen-bond donors (Lipinski definition) is 7. The van der Waals surface area contributed by atoms with Crippen molar-refractivity contribution in [3.05, 3.63) is 60.8 Å². The van der Waals surface area contributed by atoms with Gasteiger partial charge >= 0.3 is 11.9 Å². The quantitative estimate of drug-likeness (QED) is 0.0201. The highest BCUT2D eigenvalue weighted by molar-refractivity contribution is 5.70. The molecule has 0 aromatic heterocycles. The summed E-state index contributed by atoms with van der Waals surface area (Å²) in [5, 5.41) is 72.0. The minimum atomic E-state index is -1.77. The van der Waals surface area contributed by atoms with Gasteiger partial charge in [0.2, 0.25) is 0 Å². The van der Waals surface area contributed by atoms with Crippen LogP contribution in [0.4, 0.5) is 0 Å². The summed E-state index contributed by atoms with van der Waals surface area (Å²) in [5.74, 6) is -0.966. The number of carbonyl (C=O) groups excluding carboxylic acids is 2. The Balaban J connectivity index is 1.84. The minimum Gasteiger partial charge on any atom is -0.462 e. The van der Waals surface area contributed by atoms with E-state index in [4.69, 9.17) is 28.4 Å². The monoisotopic (exact) mass is 939 g/mol. The Kier molecular flexibility index (Phi) is 34.2. The van der Waals surface area contributed by atoms with Gasteiger partial charge in [-0.2, -0.15) is 0 Å². The lowest BCUT2D eigenvalue weighted by Crippen LogP contribution is -2.61. The number of aliphatic hydroxyl groups excluding tert-OH is 7. The lowest BCUT2D eigenvalue weighted by atomic mass is 9.98. The fraction of sp³-hybridized carbons (Fsp3) is 0.765. The van der Waals surface area contributed by atoms with E-state index in [-0.39, 0.29) is 19.4 Å². The molecule has 15 nitrogen and oxygen atoms in total. The van der Waals surface area contributed by atoms with E-state index >= 15 is 0 Å². The normalized spacial score (nSPS) is 26.7. The molecular formula is C51H86O15. The first-order valence-corrected chi connectivity index (χ1v) is 24.9. The van der Waals surface area contributed by atoms with Crippen LogP contribution >= 0.6 is 0 Å². The van der Waals surface area contributed by atoms with E-state index in [1.165, 1.54) is 19.3 Å². The molecule has 2 heterocycles. The summed E-state index contributed by atoms with van der Waals surface area (Å²) in [7, 11) is 0. The predicted octanol–water partition coefficient (Wildman–Crippen LogP) is 6.49. The Labute approximate surface area is 394 Å². The van der Waals surface area contributed by atoms with E-state index < -0.39 is 99.3 Å². The summed E-state index contributed by atoms with van der Waals surface area (Å²) < 4.78 is 33.5. The third-order valence-electron chi connectivity index (χ3n) is 11.5. The van der Waals surface area contributed by atoms with Gasteiger partial charge in [-0.15, -0.1) is 0 Å². The molecule has 2 aliphatic heterocycles. The summed E-state index contributed by atoms with van der Waals surface area (Å²) >= 11 is 0. The van der Waals surface area contributed by atoms with Gasteiger partial charge in [-0.3, -0.25) is 9.59 Å². The van der Waals surface area contributed by atoms with Crippen molar-refractivity contribution in [2.45, 2.75) is 223 Å². The molecule has 0 aromatic rings. The molecule has 2 fully saturated rings. The molecule has 0 amide bonds. The van der Waals surface area contributed by atoms with Gasteiger partial charge in [-0.1, -0.05) is 126 Å². The molecule has 66 heavy (non-hydrogen) atoms. The number of allylic oxidation sites excluding steroid dienone is 10. The van der Waals surface area contributed by atoms with Gasteiger partial charge in [0.05, 0.1) is 19.8 Å². The standard InChI is InChI=1S/C51H86O15/c1-3-5-7-9-11-13-15-17-19-21-23-25-27-29-31-33-42(53)61-36-39(64-43(54)34-32-30-28-26-24-22-20-18-16-14-12-10-8-6-4-2)37-62-50-49(60)47(58)45(56)41(66-50)38-63-51-48(59)46(57)44(55)40(35-52)65-51/h6,8,11-14,17-20,39-41,44-52,55-60H,3-5,7,9-10,15-16,21-38H2,1-2H3/b8-6-,13-11-,14-12-,19-17-,20-18-/t39-,40-,41-,44+,45+,46+,47+,48-,49-,50-,51+/m1/s1. The molecule has 2 rings (SSSR count). The average Bonchev–Trinajstić information content (AvgIpc) is 3.31. The molecule has 380 valence electrons. The first-order valence-electron chi connectivity index (χ1n) is 24.9. The van der Waals surface area contributed by atoms with Crippen molar-refractivity contribution >= 4 is 11.9 Å². The van der Waals surface area contributed by atoms with Crippen LogP contribution in [0.3, 0.4) is 0 Å². The Hall–Kier alpha value is -2.80. The molecule has 15 heteroatoms. The van der Waals surface area contributed by atoms with E-state index in [0.29, 0.717) is 12.8 Å². The molecule has 7 N–H and O–H groups in total. The second-order valence-corrected chi connectivity index (χ2v) is 17.3. The van der Waals surface area contributed by atoms with Crippen LogP contribution in [0.1, 0.15) is 155 Å². The van der Waals surface area contributed by atoms with E-state index in [0.717, 1.165) is 96.3 Å². The van der Waals surface area contributed by atoms with Crippen molar-refractivity contribution in [3.8, 4) is 0 Å². The zero-order chi connectivity index (χ0) is 48.2. The summed E-state index contributed by atoms with van der Waals surface area (Å²) in [5.41, 5.74) is 0. The van der Waals surface area contributed by atoms with Crippen LogP contribution < -0.4 is 0 Å². The van der Waals surface area contributed by atoms with Crippen LogP contribution in [0.25, 0.3) is 0 Å². The van der Waals surface area contributed by atoms with Crippen LogP contribution in [0, 0.1) is 0 Å². The second kappa shape index (κ2) is 38.1. The first kappa shape index (κ1) is 59.3. The molecule has 0 radical (unpaired) electrons. The van der Waals surface area contributed by atoms with Crippen LogP contribution in [0.5, 0.6) is 0 Å². The highest BCUT2D eigenvalue weighted by Gasteiger charge is 2.47. The van der Waals surface area contributed by atoms with Crippen molar-refractivity contribution in [1.82, 2.24) is 0 Å². The predicted molar refractivity (Wildman–Crippen MR) is 252 cm³/mol. The lowest BCUT2D eigenvalue weighted by molar-refractivity contribution is -0.332. The summed E-state index contributed by atoms with van der Waals surface area (Å²) in [4.78, 5) is 25.7. The minimum absolute atomic E-state index is 0.140. The van der Waals surface area contributed by atoms with Crippen molar-refractivity contribution in [2.75, 3.05) is 26.4 Å². The smallest absolute Gasteiger partial charge is 0.306 e. The maximum atomic E-state index is 13.0. The Morgan fingerprint density at radius 2 is 0.955 bits per heavy atom. The van der Waals surface area contributed by atoms with Crippen LogP contribution in [-0.2, 0) is 38.0 Å². The maximum absolute atomic E-state index is 13.0. The van der Waals surface area contributed by atoms with Gasteiger partial charge in [0, 0.05) is 12.8 Å². The lowest BCUT2D eigenvalue weighted by Gasteiger charge is -2.42. The van der Waals surface area contributed by atoms with Gasteiger partial charge in [0.1, 0.15) is 55.4 Å². The Bertz CT molecular complexity index is 1380. The molecule has 0 aliphatic carbocycles. The van der Waals surface area contributed by atoms with Crippen molar-refractivity contribution in [2.24, 2.45) is 0 Å². The van der Waals surface area contributed by atoms with Crippen LogP contribution in [0.15, 0.2) is 60.8 Å². The van der Waals surface area contributed by atoms with E-state index in [1.54, 1.807) is 0 Å². The van der Waals surface area contributed by atoms with E-state index in [1.807, 2.05) is 0 Å². The van der Waals surface area contributed by atoms with E-state index in [2.05, 4.69) is 74.6 Å². The van der Waals surface area contributed by atoms with Crippen LogP contribution in [0.2, 0.25) is 0 Å². The third-order valence-corrected chi connectivity index (χ3v) is 11.5. The highest BCUT2D eigenvalue weighted by atomic mass is 16.7. The van der Waals surface area contributed by atoms with Gasteiger partial charge in [0.15, 0.2) is 18.7 Å². The number of esters is 2. The second-order valence-electron chi connectivity index (χ2n) is 17.3.